The zero-order valence-corrected chi connectivity index (χ0v) is 11.9. The van der Waals surface area contributed by atoms with Crippen LogP contribution in [0, 0.1) is 0 Å². The monoisotopic (exact) mass is 330 g/mol. The number of benzene rings is 2. The summed E-state index contributed by atoms with van der Waals surface area (Å²) in [6.07, 6.45) is 0. The maximum atomic E-state index is 12.0. The van der Waals surface area contributed by atoms with E-state index in [4.69, 9.17) is 20.1 Å². The van der Waals surface area contributed by atoms with E-state index in [9.17, 15) is 19.2 Å². The van der Waals surface area contributed by atoms with E-state index in [0.29, 0.717) is 0 Å². The second kappa shape index (κ2) is 6.61. The molecule has 0 aliphatic heterocycles. The van der Waals surface area contributed by atoms with Crippen LogP contribution in [0.1, 0.15) is 41.4 Å². The summed E-state index contributed by atoms with van der Waals surface area (Å²) in [5.41, 5.74) is -0.678. The highest BCUT2D eigenvalue weighted by Gasteiger charge is 2.18. The molecule has 8 nitrogen and oxygen atoms in total. The smallest absolute Gasteiger partial charge is 0.343 e. The lowest BCUT2D eigenvalue weighted by Crippen LogP contribution is -2.13. The van der Waals surface area contributed by atoms with Gasteiger partial charge in [0.1, 0.15) is 11.3 Å². The number of esters is 1. The van der Waals surface area contributed by atoms with Crippen molar-refractivity contribution in [3.63, 3.8) is 0 Å². The van der Waals surface area contributed by atoms with Gasteiger partial charge in [0.25, 0.3) is 0 Å². The summed E-state index contributed by atoms with van der Waals surface area (Å²) in [6.45, 7) is 0. The topological polar surface area (TPSA) is 138 Å². The molecule has 0 aliphatic carbocycles. The van der Waals surface area contributed by atoms with Crippen LogP contribution in [0.25, 0.3) is 0 Å². The molecule has 2 aromatic rings. The van der Waals surface area contributed by atoms with Crippen LogP contribution < -0.4 is 4.74 Å². The Morgan fingerprint density at radius 1 is 0.667 bits per heavy atom. The quantitative estimate of drug-likeness (QED) is 0.559. The number of rotatable bonds is 5. The number of hydrogen-bond acceptors (Lipinski definition) is 5. The highest BCUT2D eigenvalue weighted by Crippen LogP contribution is 2.22. The van der Waals surface area contributed by atoms with Gasteiger partial charge in [-0.05, 0) is 42.5 Å². The van der Waals surface area contributed by atoms with Crippen molar-refractivity contribution in [3.05, 3.63) is 64.7 Å². The first-order valence-electron chi connectivity index (χ1n) is 6.45. The molecule has 0 radical (unpaired) electrons. The lowest BCUT2D eigenvalue weighted by molar-refractivity contribution is 0.0661. The number of ether oxygens (including phenoxy) is 1. The minimum Gasteiger partial charge on any atom is -0.478 e. The van der Waals surface area contributed by atoms with E-state index >= 15 is 0 Å². The molecule has 0 spiro atoms. The molecule has 0 atom stereocenters. The SMILES string of the molecule is O=C(O)c1ccc(C(=O)Oc2cc(C(=O)O)ccc2C(=O)O)cc1. The van der Waals surface area contributed by atoms with Crippen LogP contribution >= 0.6 is 0 Å². The van der Waals surface area contributed by atoms with Gasteiger partial charge in [-0.15, -0.1) is 0 Å². The summed E-state index contributed by atoms with van der Waals surface area (Å²) in [4.78, 5) is 44.9. The average Bonchev–Trinajstić information content (AvgIpc) is 2.54. The minimum absolute atomic E-state index is 0.0166. The largest absolute Gasteiger partial charge is 0.478 e. The Bertz CT molecular complexity index is 836. The van der Waals surface area contributed by atoms with Crippen LogP contribution in [0.2, 0.25) is 0 Å². The molecule has 122 valence electrons. The Labute approximate surface area is 134 Å². The van der Waals surface area contributed by atoms with E-state index < -0.39 is 29.6 Å². The standard InChI is InChI=1S/C16H10O8/c17-13(18)8-1-3-9(4-2-8)16(23)24-12-7-10(14(19)20)5-6-11(12)15(21)22/h1-7H,(H,17,18)(H,19,20)(H,21,22). The molecule has 0 aliphatic rings. The van der Waals surface area contributed by atoms with Crippen molar-refractivity contribution in [2.75, 3.05) is 0 Å². The fourth-order valence-corrected chi connectivity index (χ4v) is 1.82. The van der Waals surface area contributed by atoms with E-state index in [1.807, 2.05) is 0 Å². The van der Waals surface area contributed by atoms with Crippen LogP contribution in [-0.2, 0) is 0 Å². The number of carboxylic acid groups (broad SMARTS) is 3. The Morgan fingerprint density at radius 2 is 1.17 bits per heavy atom. The molecule has 0 saturated heterocycles. The first kappa shape index (κ1) is 16.7. The van der Waals surface area contributed by atoms with Gasteiger partial charge in [0.15, 0.2) is 0 Å². The zero-order valence-electron chi connectivity index (χ0n) is 11.9. The molecular formula is C16H10O8. The number of hydrogen-bond donors (Lipinski definition) is 3. The third kappa shape index (κ3) is 3.55. The van der Waals surface area contributed by atoms with Crippen molar-refractivity contribution in [2.24, 2.45) is 0 Å². The summed E-state index contributed by atoms with van der Waals surface area (Å²) < 4.78 is 4.95. The van der Waals surface area contributed by atoms with Gasteiger partial charge in [-0.25, -0.2) is 19.2 Å². The third-order valence-electron chi connectivity index (χ3n) is 3.03. The lowest BCUT2D eigenvalue weighted by Gasteiger charge is -2.08. The van der Waals surface area contributed by atoms with Crippen molar-refractivity contribution < 1.29 is 39.2 Å². The molecule has 24 heavy (non-hydrogen) atoms. The van der Waals surface area contributed by atoms with Crippen LogP contribution in [-0.4, -0.2) is 39.2 Å². The van der Waals surface area contributed by atoms with E-state index in [2.05, 4.69) is 0 Å². The van der Waals surface area contributed by atoms with E-state index in [0.717, 1.165) is 18.2 Å². The first-order chi connectivity index (χ1) is 11.3. The van der Waals surface area contributed by atoms with Gasteiger partial charge < -0.3 is 20.1 Å². The van der Waals surface area contributed by atoms with Crippen molar-refractivity contribution >= 4 is 23.9 Å². The summed E-state index contributed by atoms with van der Waals surface area (Å²) in [5, 5.41) is 26.8. The number of carbonyl (C=O) groups excluding carboxylic acids is 1. The summed E-state index contributed by atoms with van der Waals surface area (Å²) in [7, 11) is 0. The van der Waals surface area contributed by atoms with Gasteiger partial charge in [0.05, 0.1) is 16.7 Å². The Morgan fingerprint density at radius 3 is 1.67 bits per heavy atom. The second-order valence-electron chi connectivity index (χ2n) is 4.59. The van der Waals surface area contributed by atoms with Crippen LogP contribution in [0.3, 0.4) is 0 Å². The Hall–Kier alpha value is -3.68. The average molecular weight is 330 g/mol. The third-order valence-corrected chi connectivity index (χ3v) is 3.03. The van der Waals surface area contributed by atoms with Gasteiger partial charge in [-0.2, -0.15) is 0 Å². The first-order valence-corrected chi connectivity index (χ1v) is 6.45. The molecule has 2 aromatic carbocycles. The van der Waals surface area contributed by atoms with Gasteiger partial charge >= 0.3 is 23.9 Å². The van der Waals surface area contributed by atoms with Crippen LogP contribution in [0.15, 0.2) is 42.5 Å². The number of carboxylic acids is 3. The molecule has 0 saturated carbocycles. The van der Waals surface area contributed by atoms with Gasteiger partial charge in [0.2, 0.25) is 0 Å². The van der Waals surface area contributed by atoms with E-state index in [-0.39, 0.29) is 22.3 Å². The maximum Gasteiger partial charge on any atom is 0.343 e. The Kier molecular flexibility index (Phi) is 4.60. The highest BCUT2D eigenvalue weighted by molar-refractivity contribution is 5.98. The summed E-state index contributed by atoms with van der Waals surface area (Å²) >= 11 is 0. The summed E-state index contributed by atoms with van der Waals surface area (Å²) in [6, 6.07) is 7.79. The van der Waals surface area contributed by atoms with Crippen LogP contribution in [0.4, 0.5) is 0 Å². The predicted octanol–water partition coefficient (Wildman–Crippen LogP) is 2.00. The van der Waals surface area contributed by atoms with Crippen molar-refractivity contribution in [2.45, 2.75) is 0 Å². The van der Waals surface area contributed by atoms with Gasteiger partial charge in [0, 0.05) is 0 Å². The highest BCUT2D eigenvalue weighted by atomic mass is 16.5. The van der Waals surface area contributed by atoms with E-state index in [1.165, 1.54) is 24.3 Å². The molecule has 0 fully saturated rings. The molecule has 0 aromatic heterocycles. The molecule has 3 N–H and O–H groups in total. The molecular weight excluding hydrogens is 320 g/mol. The van der Waals surface area contributed by atoms with Gasteiger partial charge in [-0.1, -0.05) is 0 Å². The predicted molar refractivity (Wildman–Crippen MR) is 78.7 cm³/mol. The normalized spacial score (nSPS) is 10.0. The molecule has 8 heteroatoms. The van der Waals surface area contributed by atoms with Gasteiger partial charge in [-0.3, -0.25) is 0 Å². The van der Waals surface area contributed by atoms with Crippen molar-refractivity contribution in [1.29, 1.82) is 0 Å². The molecule has 0 heterocycles. The zero-order chi connectivity index (χ0) is 17.9. The Balaban J connectivity index is 2.33. The summed E-state index contributed by atoms with van der Waals surface area (Å²) in [5.74, 6) is -5.24. The fourth-order valence-electron chi connectivity index (χ4n) is 1.82. The molecule has 0 amide bonds. The number of aromatic carboxylic acids is 3. The van der Waals surface area contributed by atoms with E-state index in [1.54, 1.807) is 0 Å². The fraction of sp³-hybridized carbons (Fsp3) is 0. The molecule has 0 unspecified atom stereocenters. The minimum atomic E-state index is -1.39. The molecule has 0 bridgehead atoms. The maximum absolute atomic E-state index is 12.0. The lowest BCUT2D eigenvalue weighted by atomic mass is 10.1. The van der Waals surface area contributed by atoms with Crippen molar-refractivity contribution in [1.82, 2.24) is 0 Å². The van der Waals surface area contributed by atoms with Crippen molar-refractivity contribution in [3.8, 4) is 5.75 Å². The number of carbonyl (C=O) groups is 4. The molecule has 2 rings (SSSR count). The van der Waals surface area contributed by atoms with Crippen LogP contribution in [0.5, 0.6) is 5.75 Å². The second-order valence-corrected chi connectivity index (χ2v) is 4.59.